The molecule has 0 unspecified atom stereocenters. The normalized spacial score (nSPS) is 8.69. The number of nitrogen functional groups attached to an aromatic ring is 1. The fraction of sp³-hybridized carbons (Fsp3) is 0.455. The van der Waals surface area contributed by atoms with Crippen molar-refractivity contribution >= 4 is 5.69 Å². The zero-order valence-electron chi connectivity index (χ0n) is 9.14. The van der Waals surface area contributed by atoms with Crippen LogP contribution in [0.5, 0.6) is 5.75 Å². The molecule has 2 N–H and O–H groups in total. The Morgan fingerprint density at radius 1 is 1.08 bits per heavy atom. The van der Waals surface area contributed by atoms with Crippen molar-refractivity contribution in [3.05, 3.63) is 23.3 Å². The Morgan fingerprint density at radius 2 is 1.46 bits per heavy atom. The molecule has 74 valence electrons. The van der Waals surface area contributed by atoms with Gasteiger partial charge in [-0.25, -0.2) is 0 Å². The largest absolute Gasteiger partial charge is 0.496 e. The number of methoxy groups -OCH3 is 1. The monoisotopic (exact) mass is 181 g/mol. The van der Waals surface area contributed by atoms with Gasteiger partial charge in [-0.15, -0.1) is 0 Å². The number of ether oxygens (including phenoxy) is 1. The highest BCUT2D eigenvalue weighted by atomic mass is 16.5. The summed E-state index contributed by atoms with van der Waals surface area (Å²) in [4.78, 5) is 0. The van der Waals surface area contributed by atoms with Crippen molar-refractivity contribution in [1.29, 1.82) is 0 Å². The van der Waals surface area contributed by atoms with Crippen molar-refractivity contribution in [2.45, 2.75) is 27.7 Å². The third-order valence-corrected chi connectivity index (χ3v) is 1.69. The third kappa shape index (κ3) is 2.98. The van der Waals surface area contributed by atoms with E-state index in [9.17, 15) is 0 Å². The number of rotatable bonds is 1. The van der Waals surface area contributed by atoms with Gasteiger partial charge in [-0.05, 0) is 37.1 Å². The molecule has 0 atom stereocenters. The Bertz CT molecular complexity index is 246. The van der Waals surface area contributed by atoms with E-state index in [1.165, 1.54) is 0 Å². The molecule has 0 aliphatic rings. The van der Waals surface area contributed by atoms with E-state index in [1.54, 1.807) is 7.11 Å². The maximum Gasteiger partial charge on any atom is 0.124 e. The average molecular weight is 181 g/mol. The Hall–Kier alpha value is -1.18. The second-order valence-corrected chi connectivity index (χ2v) is 2.69. The van der Waals surface area contributed by atoms with Crippen molar-refractivity contribution < 1.29 is 4.74 Å². The molecule has 0 aliphatic heterocycles. The van der Waals surface area contributed by atoms with Crippen LogP contribution in [0.1, 0.15) is 25.0 Å². The molecule has 0 aliphatic carbocycles. The van der Waals surface area contributed by atoms with Crippen LogP contribution >= 0.6 is 0 Å². The molecule has 1 aromatic carbocycles. The van der Waals surface area contributed by atoms with Crippen molar-refractivity contribution in [1.82, 2.24) is 0 Å². The highest BCUT2D eigenvalue weighted by Crippen LogP contribution is 2.24. The van der Waals surface area contributed by atoms with Gasteiger partial charge in [0, 0.05) is 5.69 Å². The molecule has 1 rings (SSSR count). The van der Waals surface area contributed by atoms with Gasteiger partial charge in [-0.2, -0.15) is 0 Å². The first-order valence-electron chi connectivity index (χ1n) is 4.56. The fourth-order valence-corrected chi connectivity index (χ4v) is 1.31. The quantitative estimate of drug-likeness (QED) is 0.676. The zero-order valence-corrected chi connectivity index (χ0v) is 9.14. The summed E-state index contributed by atoms with van der Waals surface area (Å²) < 4.78 is 5.18. The lowest BCUT2D eigenvalue weighted by Crippen LogP contribution is -1.93. The summed E-state index contributed by atoms with van der Waals surface area (Å²) in [5.74, 6) is 0.930. The molecule has 0 saturated heterocycles. The van der Waals surface area contributed by atoms with Gasteiger partial charge in [0.05, 0.1) is 7.11 Å². The van der Waals surface area contributed by atoms with Crippen molar-refractivity contribution in [3.8, 4) is 5.75 Å². The van der Waals surface area contributed by atoms with Crippen molar-refractivity contribution in [3.63, 3.8) is 0 Å². The van der Waals surface area contributed by atoms with E-state index in [-0.39, 0.29) is 0 Å². The van der Waals surface area contributed by atoms with E-state index in [0.717, 1.165) is 22.6 Å². The molecule has 2 nitrogen and oxygen atoms in total. The van der Waals surface area contributed by atoms with Gasteiger partial charge in [0.25, 0.3) is 0 Å². The second-order valence-electron chi connectivity index (χ2n) is 2.69. The zero-order chi connectivity index (χ0) is 10.4. The van der Waals surface area contributed by atoms with Crippen molar-refractivity contribution in [2.75, 3.05) is 12.8 Å². The van der Waals surface area contributed by atoms with Crippen LogP contribution in [0.15, 0.2) is 12.1 Å². The summed E-state index contributed by atoms with van der Waals surface area (Å²) >= 11 is 0. The van der Waals surface area contributed by atoms with Gasteiger partial charge in [0.2, 0.25) is 0 Å². The first kappa shape index (κ1) is 11.8. The molecule has 2 heteroatoms. The molecule has 0 fully saturated rings. The summed E-state index contributed by atoms with van der Waals surface area (Å²) in [6, 6.07) is 3.82. The maximum atomic E-state index is 5.63. The molecule has 13 heavy (non-hydrogen) atoms. The Balaban J connectivity index is 0.000000671. The van der Waals surface area contributed by atoms with Gasteiger partial charge < -0.3 is 10.5 Å². The number of nitrogens with two attached hydrogens (primary N) is 1. The highest BCUT2D eigenvalue weighted by Gasteiger charge is 2.02. The van der Waals surface area contributed by atoms with E-state index in [4.69, 9.17) is 10.5 Å². The highest BCUT2D eigenvalue weighted by molar-refractivity contribution is 5.52. The van der Waals surface area contributed by atoms with Gasteiger partial charge in [-0.3, -0.25) is 0 Å². The predicted molar refractivity (Wildman–Crippen MR) is 58.2 cm³/mol. The minimum absolute atomic E-state index is 0.792. The van der Waals surface area contributed by atoms with E-state index >= 15 is 0 Å². The molecular formula is C11H19NO. The van der Waals surface area contributed by atoms with Crippen LogP contribution in [0.4, 0.5) is 5.69 Å². The number of aryl methyl sites for hydroxylation is 2. The van der Waals surface area contributed by atoms with Crippen LogP contribution in [-0.4, -0.2) is 7.11 Å². The molecule has 0 spiro atoms. The molecule has 0 aromatic heterocycles. The summed E-state index contributed by atoms with van der Waals surface area (Å²) in [7, 11) is 1.67. The van der Waals surface area contributed by atoms with Crippen LogP contribution in [0, 0.1) is 13.8 Å². The summed E-state index contributed by atoms with van der Waals surface area (Å²) in [6.45, 7) is 7.98. The van der Waals surface area contributed by atoms with E-state index in [1.807, 2.05) is 39.8 Å². The molecular weight excluding hydrogens is 162 g/mol. The van der Waals surface area contributed by atoms with E-state index in [0.29, 0.717) is 0 Å². The van der Waals surface area contributed by atoms with Crippen LogP contribution in [0.3, 0.4) is 0 Å². The van der Waals surface area contributed by atoms with Gasteiger partial charge in [0.15, 0.2) is 0 Å². The lowest BCUT2D eigenvalue weighted by molar-refractivity contribution is 0.408. The topological polar surface area (TPSA) is 35.2 Å². The van der Waals surface area contributed by atoms with Crippen LogP contribution in [0.25, 0.3) is 0 Å². The lowest BCUT2D eigenvalue weighted by atomic mass is 10.1. The van der Waals surface area contributed by atoms with E-state index < -0.39 is 0 Å². The Kier molecular flexibility index (Phi) is 4.97. The maximum absolute atomic E-state index is 5.63. The number of hydrogen-bond acceptors (Lipinski definition) is 2. The molecule has 0 radical (unpaired) electrons. The summed E-state index contributed by atoms with van der Waals surface area (Å²) in [6.07, 6.45) is 0. The van der Waals surface area contributed by atoms with Crippen molar-refractivity contribution in [2.24, 2.45) is 0 Å². The molecule has 0 heterocycles. The molecule has 1 aromatic rings. The SMILES string of the molecule is CC.COc1c(C)cc(N)cc1C. The second kappa shape index (κ2) is 5.46. The average Bonchev–Trinajstić information content (AvgIpc) is 2.07. The molecule has 0 amide bonds. The standard InChI is InChI=1S/C9H13NO.C2H6/c1-6-4-8(10)5-7(2)9(6)11-3;1-2/h4-5H,10H2,1-3H3;1-2H3. The molecule has 0 saturated carbocycles. The first-order chi connectivity index (χ1) is 6.15. The Labute approximate surface area is 80.7 Å². The van der Waals surface area contributed by atoms with Crippen LogP contribution in [-0.2, 0) is 0 Å². The molecule has 0 bridgehead atoms. The predicted octanol–water partition coefficient (Wildman–Crippen LogP) is 2.92. The lowest BCUT2D eigenvalue weighted by Gasteiger charge is -2.08. The number of hydrogen-bond donors (Lipinski definition) is 1. The smallest absolute Gasteiger partial charge is 0.124 e. The first-order valence-corrected chi connectivity index (χ1v) is 4.56. The minimum Gasteiger partial charge on any atom is -0.496 e. The van der Waals surface area contributed by atoms with Gasteiger partial charge >= 0.3 is 0 Å². The minimum atomic E-state index is 0.792. The van der Waals surface area contributed by atoms with Gasteiger partial charge in [-0.1, -0.05) is 13.8 Å². The summed E-state index contributed by atoms with van der Waals surface area (Å²) in [5.41, 5.74) is 8.60. The van der Waals surface area contributed by atoms with Crippen LogP contribution < -0.4 is 10.5 Å². The number of anilines is 1. The van der Waals surface area contributed by atoms with Crippen LogP contribution in [0.2, 0.25) is 0 Å². The summed E-state index contributed by atoms with van der Waals surface area (Å²) in [5, 5.41) is 0. The van der Waals surface area contributed by atoms with E-state index in [2.05, 4.69) is 0 Å². The fourth-order valence-electron chi connectivity index (χ4n) is 1.31. The van der Waals surface area contributed by atoms with Gasteiger partial charge in [0.1, 0.15) is 5.75 Å². The third-order valence-electron chi connectivity index (χ3n) is 1.69. The number of benzene rings is 1. The Morgan fingerprint density at radius 3 is 1.77 bits per heavy atom.